The third-order valence-electron chi connectivity index (χ3n) is 3.19. The number of hydrogen-bond acceptors (Lipinski definition) is 4. The van der Waals surface area contributed by atoms with Gasteiger partial charge in [0.05, 0.1) is 11.1 Å². The Labute approximate surface area is 110 Å². The van der Waals surface area contributed by atoms with Crippen LogP contribution in [0.15, 0.2) is 18.5 Å². The number of carboxylic acids is 1. The van der Waals surface area contributed by atoms with E-state index in [9.17, 15) is 9.59 Å². The second-order valence-corrected chi connectivity index (χ2v) is 4.49. The van der Waals surface area contributed by atoms with Gasteiger partial charge < -0.3 is 15.2 Å². The number of ether oxygens (including phenoxy) is 1. The molecule has 2 heterocycles. The van der Waals surface area contributed by atoms with Gasteiger partial charge in [-0.15, -0.1) is 0 Å². The maximum absolute atomic E-state index is 12.0. The molecule has 1 fully saturated rings. The van der Waals surface area contributed by atoms with E-state index < -0.39 is 5.97 Å². The zero-order valence-electron chi connectivity index (χ0n) is 10.5. The van der Waals surface area contributed by atoms with Crippen LogP contribution in [0.25, 0.3) is 0 Å². The number of carbonyl (C=O) groups is 2. The Kier molecular flexibility index (Phi) is 4.46. The first-order chi connectivity index (χ1) is 9.18. The lowest BCUT2D eigenvalue weighted by Crippen LogP contribution is -2.33. The molecule has 0 saturated carbocycles. The van der Waals surface area contributed by atoms with E-state index >= 15 is 0 Å². The molecular weight excluding hydrogens is 248 g/mol. The number of nitrogens with zero attached hydrogens (tertiary/aromatic N) is 1. The summed E-state index contributed by atoms with van der Waals surface area (Å²) in [5.74, 6) is -1.12. The molecule has 1 aliphatic heterocycles. The highest BCUT2D eigenvalue weighted by Gasteiger charge is 2.18. The third-order valence-corrected chi connectivity index (χ3v) is 3.19. The number of amides is 1. The Morgan fingerprint density at radius 3 is 2.79 bits per heavy atom. The first-order valence-corrected chi connectivity index (χ1v) is 6.21. The van der Waals surface area contributed by atoms with Gasteiger partial charge in [-0.25, -0.2) is 4.79 Å². The summed E-state index contributed by atoms with van der Waals surface area (Å²) in [5.41, 5.74) is 0.0709. The van der Waals surface area contributed by atoms with Gasteiger partial charge in [0.2, 0.25) is 0 Å². The van der Waals surface area contributed by atoms with Crippen molar-refractivity contribution in [2.45, 2.75) is 12.8 Å². The quantitative estimate of drug-likeness (QED) is 0.844. The Morgan fingerprint density at radius 1 is 1.37 bits per heavy atom. The van der Waals surface area contributed by atoms with E-state index in [1.165, 1.54) is 18.5 Å². The molecule has 1 amide bonds. The maximum Gasteiger partial charge on any atom is 0.338 e. The largest absolute Gasteiger partial charge is 0.478 e. The van der Waals surface area contributed by atoms with E-state index in [0.29, 0.717) is 12.5 Å². The molecule has 1 aliphatic rings. The molecule has 1 saturated heterocycles. The highest BCUT2D eigenvalue weighted by Crippen LogP contribution is 2.14. The Balaban J connectivity index is 1.97. The van der Waals surface area contributed by atoms with Crippen molar-refractivity contribution < 1.29 is 19.4 Å². The fourth-order valence-electron chi connectivity index (χ4n) is 2.05. The fourth-order valence-corrected chi connectivity index (χ4v) is 2.05. The molecule has 6 heteroatoms. The average Bonchev–Trinajstić information content (AvgIpc) is 2.46. The molecule has 0 unspecified atom stereocenters. The van der Waals surface area contributed by atoms with Gasteiger partial charge in [-0.3, -0.25) is 9.78 Å². The van der Waals surface area contributed by atoms with Crippen molar-refractivity contribution in [2.24, 2.45) is 5.92 Å². The van der Waals surface area contributed by atoms with Crippen LogP contribution in [0.4, 0.5) is 0 Å². The van der Waals surface area contributed by atoms with Gasteiger partial charge in [-0.05, 0) is 24.8 Å². The molecule has 0 bridgehead atoms. The van der Waals surface area contributed by atoms with Gasteiger partial charge in [-0.1, -0.05) is 0 Å². The van der Waals surface area contributed by atoms with Crippen molar-refractivity contribution in [2.75, 3.05) is 19.8 Å². The lowest BCUT2D eigenvalue weighted by molar-refractivity contribution is 0.0640. The van der Waals surface area contributed by atoms with Crippen LogP contribution in [0.3, 0.4) is 0 Å². The molecule has 1 aromatic heterocycles. The van der Waals surface area contributed by atoms with Gasteiger partial charge in [-0.2, -0.15) is 0 Å². The van der Waals surface area contributed by atoms with Gasteiger partial charge in [0, 0.05) is 32.2 Å². The summed E-state index contributed by atoms with van der Waals surface area (Å²) in [6.07, 6.45) is 4.44. The summed E-state index contributed by atoms with van der Waals surface area (Å²) in [6.45, 7) is 1.98. The van der Waals surface area contributed by atoms with E-state index in [1.807, 2.05) is 0 Å². The van der Waals surface area contributed by atoms with Crippen LogP contribution in [0, 0.1) is 5.92 Å². The van der Waals surface area contributed by atoms with Crippen LogP contribution in [0.1, 0.15) is 33.6 Å². The Hall–Kier alpha value is -1.95. The second kappa shape index (κ2) is 6.29. The molecule has 6 nitrogen and oxygen atoms in total. The average molecular weight is 264 g/mol. The molecular formula is C13H16N2O4. The number of pyridine rings is 1. The number of aromatic carboxylic acids is 1. The summed E-state index contributed by atoms with van der Waals surface area (Å²) >= 11 is 0. The topological polar surface area (TPSA) is 88.5 Å². The molecule has 0 radical (unpaired) electrons. The van der Waals surface area contributed by atoms with Gasteiger partial charge in [0.25, 0.3) is 5.91 Å². The van der Waals surface area contributed by atoms with E-state index in [2.05, 4.69) is 10.3 Å². The lowest BCUT2D eigenvalue weighted by atomic mass is 10.00. The van der Waals surface area contributed by atoms with Gasteiger partial charge in [0.15, 0.2) is 0 Å². The molecule has 2 N–H and O–H groups in total. The SMILES string of the molecule is O=C(O)c1cnccc1C(=O)NCC1CCOCC1. The minimum Gasteiger partial charge on any atom is -0.478 e. The molecule has 1 aromatic rings. The Bertz CT molecular complexity index is 469. The molecule has 0 aromatic carbocycles. The molecule has 102 valence electrons. The minimum absolute atomic E-state index is 0.0769. The number of carbonyl (C=O) groups excluding carboxylic acids is 1. The lowest BCUT2D eigenvalue weighted by Gasteiger charge is -2.22. The van der Waals surface area contributed by atoms with Crippen LogP contribution >= 0.6 is 0 Å². The van der Waals surface area contributed by atoms with Gasteiger partial charge >= 0.3 is 5.97 Å². The zero-order chi connectivity index (χ0) is 13.7. The third kappa shape index (κ3) is 3.51. The monoisotopic (exact) mass is 264 g/mol. The number of carboxylic acid groups (broad SMARTS) is 1. The molecule has 2 rings (SSSR count). The van der Waals surface area contributed by atoms with Crippen molar-refractivity contribution in [3.63, 3.8) is 0 Å². The summed E-state index contributed by atoms with van der Waals surface area (Å²) in [6, 6.07) is 1.42. The highest BCUT2D eigenvalue weighted by molar-refractivity contribution is 6.04. The fraction of sp³-hybridized carbons (Fsp3) is 0.462. The summed E-state index contributed by atoms with van der Waals surface area (Å²) in [7, 11) is 0. The Morgan fingerprint density at radius 2 is 2.11 bits per heavy atom. The molecule has 0 spiro atoms. The zero-order valence-corrected chi connectivity index (χ0v) is 10.5. The van der Waals surface area contributed by atoms with Crippen molar-refractivity contribution in [3.8, 4) is 0 Å². The first-order valence-electron chi connectivity index (χ1n) is 6.21. The van der Waals surface area contributed by atoms with E-state index in [-0.39, 0.29) is 17.0 Å². The number of hydrogen-bond donors (Lipinski definition) is 2. The van der Waals surface area contributed by atoms with Crippen LogP contribution in [0.2, 0.25) is 0 Å². The normalized spacial score (nSPS) is 16.0. The van der Waals surface area contributed by atoms with Gasteiger partial charge in [0.1, 0.15) is 0 Å². The number of aromatic nitrogens is 1. The predicted molar refractivity (Wildman–Crippen MR) is 67.1 cm³/mol. The van der Waals surface area contributed by atoms with Crippen molar-refractivity contribution in [3.05, 3.63) is 29.6 Å². The first kappa shape index (κ1) is 13.5. The molecule has 19 heavy (non-hydrogen) atoms. The van der Waals surface area contributed by atoms with Crippen molar-refractivity contribution >= 4 is 11.9 Å². The second-order valence-electron chi connectivity index (χ2n) is 4.49. The predicted octanol–water partition coefficient (Wildman–Crippen LogP) is 0.936. The molecule has 0 atom stereocenters. The summed E-state index contributed by atoms with van der Waals surface area (Å²) in [4.78, 5) is 26.7. The number of rotatable bonds is 4. The van der Waals surface area contributed by atoms with Crippen molar-refractivity contribution in [1.82, 2.24) is 10.3 Å². The van der Waals surface area contributed by atoms with Crippen LogP contribution in [-0.2, 0) is 4.74 Å². The summed E-state index contributed by atoms with van der Waals surface area (Å²) < 4.78 is 5.24. The van der Waals surface area contributed by atoms with E-state index in [0.717, 1.165) is 26.1 Å². The minimum atomic E-state index is -1.15. The number of nitrogens with one attached hydrogen (secondary N) is 1. The van der Waals surface area contributed by atoms with E-state index in [4.69, 9.17) is 9.84 Å². The smallest absolute Gasteiger partial charge is 0.338 e. The van der Waals surface area contributed by atoms with Crippen molar-refractivity contribution in [1.29, 1.82) is 0 Å². The van der Waals surface area contributed by atoms with Crippen LogP contribution in [0.5, 0.6) is 0 Å². The van der Waals surface area contributed by atoms with Crippen LogP contribution < -0.4 is 5.32 Å². The van der Waals surface area contributed by atoms with E-state index in [1.54, 1.807) is 0 Å². The highest BCUT2D eigenvalue weighted by atomic mass is 16.5. The maximum atomic E-state index is 12.0. The van der Waals surface area contributed by atoms with Crippen LogP contribution in [-0.4, -0.2) is 41.7 Å². The standard InChI is InChI=1S/C13H16N2O4/c16-12(15-7-9-2-5-19-6-3-9)10-1-4-14-8-11(10)13(17)18/h1,4,8-9H,2-3,5-7H2,(H,15,16)(H,17,18). The summed E-state index contributed by atoms with van der Waals surface area (Å²) in [5, 5.41) is 11.8. The molecule has 0 aliphatic carbocycles.